The zero-order valence-corrected chi connectivity index (χ0v) is 8.88. The van der Waals surface area contributed by atoms with E-state index in [1.165, 1.54) is 12.8 Å². The van der Waals surface area contributed by atoms with E-state index in [4.69, 9.17) is 5.73 Å². The first-order valence-corrected chi connectivity index (χ1v) is 5.29. The second-order valence-electron chi connectivity index (χ2n) is 4.34. The van der Waals surface area contributed by atoms with Crippen LogP contribution in [0.4, 0.5) is 11.4 Å². The molecule has 0 aromatic heterocycles. The van der Waals surface area contributed by atoms with E-state index in [1.807, 2.05) is 13.0 Å². The Kier molecular flexibility index (Phi) is 2.36. The van der Waals surface area contributed by atoms with Crippen LogP contribution in [0.2, 0.25) is 0 Å². The van der Waals surface area contributed by atoms with Crippen molar-refractivity contribution in [3.05, 3.63) is 23.8 Å². The maximum atomic E-state index is 5.85. The largest absolute Gasteiger partial charge is 0.398 e. The summed E-state index contributed by atoms with van der Waals surface area (Å²) in [4.78, 5) is 0. The lowest BCUT2D eigenvalue weighted by molar-refractivity contribution is 0.694. The number of anilines is 2. The van der Waals surface area contributed by atoms with Gasteiger partial charge in [-0.2, -0.15) is 0 Å². The first kappa shape index (κ1) is 9.38. The maximum absolute atomic E-state index is 5.85. The van der Waals surface area contributed by atoms with Gasteiger partial charge in [0, 0.05) is 17.4 Å². The molecule has 1 fully saturated rings. The molecule has 0 heterocycles. The number of nitrogens with one attached hydrogen (secondary N) is 1. The maximum Gasteiger partial charge on any atom is 0.0364 e. The molecule has 14 heavy (non-hydrogen) atoms. The van der Waals surface area contributed by atoms with Crippen molar-refractivity contribution in [3.63, 3.8) is 0 Å². The van der Waals surface area contributed by atoms with E-state index in [2.05, 4.69) is 24.4 Å². The third-order valence-corrected chi connectivity index (χ3v) is 3.00. The van der Waals surface area contributed by atoms with Gasteiger partial charge in [0.15, 0.2) is 0 Å². The Morgan fingerprint density at radius 3 is 2.71 bits per heavy atom. The molecule has 1 unspecified atom stereocenters. The Morgan fingerprint density at radius 1 is 1.43 bits per heavy atom. The van der Waals surface area contributed by atoms with Crippen LogP contribution in [0.5, 0.6) is 0 Å². The minimum atomic E-state index is 0.581. The highest BCUT2D eigenvalue weighted by Crippen LogP contribution is 2.34. The van der Waals surface area contributed by atoms with E-state index < -0.39 is 0 Å². The van der Waals surface area contributed by atoms with Gasteiger partial charge in [-0.25, -0.2) is 0 Å². The third-order valence-electron chi connectivity index (χ3n) is 3.00. The van der Waals surface area contributed by atoms with Crippen LogP contribution in [0.3, 0.4) is 0 Å². The molecule has 2 rings (SSSR count). The molecule has 1 atom stereocenters. The quantitative estimate of drug-likeness (QED) is 0.719. The molecule has 76 valence electrons. The molecule has 0 saturated heterocycles. The summed E-state index contributed by atoms with van der Waals surface area (Å²) < 4.78 is 0. The number of hydrogen-bond acceptors (Lipinski definition) is 2. The molecule has 0 aliphatic heterocycles. The normalized spacial score (nSPS) is 17.9. The van der Waals surface area contributed by atoms with Crippen molar-refractivity contribution in [1.82, 2.24) is 0 Å². The van der Waals surface area contributed by atoms with Gasteiger partial charge in [0.2, 0.25) is 0 Å². The Bertz CT molecular complexity index is 329. The smallest absolute Gasteiger partial charge is 0.0364 e. The lowest BCUT2D eigenvalue weighted by Gasteiger charge is -2.15. The summed E-state index contributed by atoms with van der Waals surface area (Å²) in [6.45, 7) is 4.27. The van der Waals surface area contributed by atoms with Crippen LogP contribution in [0.1, 0.15) is 25.3 Å². The van der Waals surface area contributed by atoms with Gasteiger partial charge >= 0.3 is 0 Å². The van der Waals surface area contributed by atoms with Crippen molar-refractivity contribution in [3.8, 4) is 0 Å². The molecule has 1 aliphatic rings. The zero-order chi connectivity index (χ0) is 10.1. The Labute approximate surface area is 85.5 Å². The van der Waals surface area contributed by atoms with Gasteiger partial charge in [0.1, 0.15) is 0 Å². The van der Waals surface area contributed by atoms with Gasteiger partial charge < -0.3 is 11.1 Å². The fourth-order valence-electron chi connectivity index (χ4n) is 1.71. The van der Waals surface area contributed by atoms with E-state index in [9.17, 15) is 0 Å². The number of nitrogen functional groups attached to an aromatic ring is 1. The minimum Gasteiger partial charge on any atom is -0.398 e. The van der Waals surface area contributed by atoms with Crippen molar-refractivity contribution < 1.29 is 0 Å². The van der Waals surface area contributed by atoms with Gasteiger partial charge in [-0.3, -0.25) is 0 Å². The topological polar surface area (TPSA) is 38.0 Å². The van der Waals surface area contributed by atoms with Crippen LogP contribution >= 0.6 is 0 Å². The van der Waals surface area contributed by atoms with Gasteiger partial charge in [0.25, 0.3) is 0 Å². The molecule has 0 radical (unpaired) electrons. The first-order chi connectivity index (χ1) is 6.66. The van der Waals surface area contributed by atoms with Crippen LogP contribution in [-0.4, -0.2) is 6.04 Å². The van der Waals surface area contributed by atoms with E-state index in [-0.39, 0.29) is 0 Å². The lowest BCUT2D eigenvalue weighted by atomic mass is 10.1. The van der Waals surface area contributed by atoms with Gasteiger partial charge in [0.05, 0.1) is 0 Å². The third kappa shape index (κ3) is 2.00. The monoisotopic (exact) mass is 190 g/mol. The number of nitrogens with two attached hydrogens (primary N) is 1. The number of hydrogen-bond donors (Lipinski definition) is 2. The Morgan fingerprint density at radius 2 is 2.14 bits per heavy atom. The predicted molar refractivity (Wildman–Crippen MR) is 61.4 cm³/mol. The van der Waals surface area contributed by atoms with Crippen molar-refractivity contribution in [2.75, 3.05) is 11.1 Å². The number of benzene rings is 1. The minimum absolute atomic E-state index is 0.581. The fraction of sp³-hybridized carbons (Fsp3) is 0.500. The van der Waals surface area contributed by atoms with Crippen LogP contribution in [0.25, 0.3) is 0 Å². The molecule has 2 nitrogen and oxygen atoms in total. The fourth-order valence-corrected chi connectivity index (χ4v) is 1.71. The molecule has 0 spiro atoms. The highest BCUT2D eigenvalue weighted by Gasteiger charge is 2.27. The summed E-state index contributed by atoms with van der Waals surface area (Å²) in [6, 6.07) is 6.77. The van der Waals surface area contributed by atoms with E-state index in [0.29, 0.717) is 6.04 Å². The van der Waals surface area contributed by atoms with Crippen LogP contribution in [0.15, 0.2) is 18.2 Å². The van der Waals surface area contributed by atoms with E-state index in [0.717, 1.165) is 22.9 Å². The van der Waals surface area contributed by atoms with Gasteiger partial charge in [-0.15, -0.1) is 0 Å². The van der Waals surface area contributed by atoms with Crippen molar-refractivity contribution in [1.29, 1.82) is 0 Å². The number of aryl methyl sites for hydroxylation is 1. The molecule has 1 aromatic rings. The summed E-state index contributed by atoms with van der Waals surface area (Å²) in [6.07, 6.45) is 2.74. The summed E-state index contributed by atoms with van der Waals surface area (Å²) >= 11 is 0. The molecular formula is C12H18N2. The molecule has 0 bridgehead atoms. The lowest BCUT2D eigenvalue weighted by Crippen LogP contribution is -2.17. The first-order valence-electron chi connectivity index (χ1n) is 5.29. The highest BCUT2D eigenvalue weighted by atomic mass is 14.9. The SMILES string of the molecule is Cc1ccc(NC(C)C2CC2)cc1N. The molecule has 1 saturated carbocycles. The Hall–Kier alpha value is -1.18. The summed E-state index contributed by atoms with van der Waals surface area (Å²) in [7, 11) is 0. The Balaban J connectivity index is 2.04. The molecule has 3 N–H and O–H groups in total. The van der Waals surface area contributed by atoms with Crippen LogP contribution in [-0.2, 0) is 0 Å². The summed E-state index contributed by atoms with van der Waals surface area (Å²) in [5.41, 5.74) is 9.01. The van der Waals surface area contributed by atoms with Crippen molar-refractivity contribution in [2.45, 2.75) is 32.7 Å². The molecular weight excluding hydrogens is 172 g/mol. The van der Waals surface area contributed by atoms with Crippen LogP contribution < -0.4 is 11.1 Å². The zero-order valence-electron chi connectivity index (χ0n) is 8.88. The van der Waals surface area contributed by atoms with E-state index >= 15 is 0 Å². The second kappa shape index (κ2) is 3.52. The molecule has 1 aliphatic carbocycles. The van der Waals surface area contributed by atoms with Gasteiger partial charge in [-0.1, -0.05) is 6.07 Å². The van der Waals surface area contributed by atoms with E-state index in [1.54, 1.807) is 0 Å². The summed E-state index contributed by atoms with van der Waals surface area (Å²) in [5.74, 6) is 0.873. The molecule has 2 heteroatoms. The standard InChI is InChI=1S/C12H18N2/c1-8-3-6-11(7-12(8)13)14-9(2)10-4-5-10/h3,6-7,9-10,14H,4-5,13H2,1-2H3. The van der Waals surface area contributed by atoms with Crippen LogP contribution in [0, 0.1) is 12.8 Å². The molecule has 0 amide bonds. The second-order valence-corrected chi connectivity index (χ2v) is 4.34. The average Bonchev–Trinajstić information content (AvgIpc) is 2.94. The summed E-state index contributed by atoms with van der Waals surface area (Å²) in [5, 5.41) is 3.49. The van der Waals surface area contributed by atoms with Crippen molar-refractivity contribution >= 4 is 11.4 Å². The number of rotatable bonds is 3. The average molecular weight is 190 g/mol. The highest BCUT2D eigenvalue weighted by molar-refractivity contribution is 5.58. The van der Waals surface area contributed by atoms with Crippen molar-refractivity contribution in [2.24, 2.45) is 5.92 Å². The van der Waals surface area contributed by atoms with Gasteiger partial charge in [-0.05, 0) is 50.3 Å². The molecule has 1 aromatic carbocycles. The predicted octanol–water partition coefficient (Wildman–Crippen LogP) is 2.79.